The number of hydrogen-bond donors (Lipinski definition) is 2. The summed E-state index contributed by atoms with van der Waals surface area (Å²) in [5.41, 5.74) is 4.66. The van der Waals surface area contributed by atoms with Crippen LogP contribution in [0.5, 0.6) is 11.5 Å². The lowest BCUT2D eigenvalue weighted by Crippen LogP contribution is -2.01. The highest BCUT2D eigenvalue weighted by Crippen LogP contribution is 2.28. The second kappa shape index (κ2) is 9.32. The first-order valence-corrected chi connectivity index (χ1v) is 8.16. The summed E-state index contributed by atoms with van der Waals surface area (Å²) in [5.74, 6) is 0.452. The summed E-state index contributed by atoms with van der Waals surface area (Å²) < 4.78 is 11.3. The summed E-state index contributed by atoms with van der Waals surface area (Å²) in [4.78, 5) is 10.8. The standard InChI is InChI=1S/C19H22N2O4/c1-3-11-25-17-10-5-14(12-18(17)24-4-2)13-20-21-16-8-6-15(7-9-16)19(22)23/h5-10,12-13,21H,3-4,11H2,1-2H3,(H,22,23)/b20-13+. The third-order valence-electron chi connectivity index (χ3n) is 3.27. The number of carboxylic acids is 1. The highest BCUT2D eigenvalue weighted by atomic mass is 16.5. The van der Waals surface area contributed by atoms with E-state index in [0.29, 0.717) is 24.7 Å². The highest BCUT2D eigenvalue weighted by Gasteiger charge is 2.05. The quantitative estimate of drug-likeness (QED) is 0.531. The number of carbonyl (C=O) groups is 1. The molecule has 0 heterocycles. The van der Waals surface area contributed by atoms with Crippen LogP contribution in [-0.4, -0.2) is 30.5 Å². The summed E-state index contributed by atoms with van der Waals surface area (Å²) >= 11 is 0. The van der Waals surface area contributed by atoms with Crippen molar-refractivity contribution in [3.63, 3.8) is 0 Å². The van der Waals surface area contributed by atoms with Gasteiger partial charge in [0.1, 0.15) is 0 Å². The van der Waals surface area contributed by atoms with Crippen LogP contribution in [-0.2, 0) is 0 Å². The maximum absolute atomic E-state index is 10.8. The number of carboxylic acid groups (broad SMARTS) is 1. The first-order valence-electron chi connectivity index (χ1n) is 8.16. The number of rotatable bonds is 9. The van der Waals surface area contributed by atoms with Gasteiger partial charge < -0.3 is 14.6 Å². The zero-order valence-corrected chi connectivity index (χ0v) is 14.4. The van der Waals surface area contributed by atoms with Crippen molar-refractivity contribution in [3.8, 4) is 11.5 Å². The molecule has 0 saturated carbocycles. The Kier molecular flexibility index (Phi) is 6.83. The summed E-state index contributed by atoms with van der Waals surface area (Å²) in [6, 6.07) is 12.0. The molecule has 0 spiro atoms. The first kappa shape index (κ1) is 18.3. The van der Waals surface area contributed by atoms with Gasteiger partial charge in [0, 0.05) is 0 Å². The smallest absolute Gasteiger partial charge is 0.335 e. The first-order chi connectivity index (χ1) is 12.1. The maximum Gasteiger partial charge on any atom is 0.335 e. The molecule has 0 atom stereocenters. The molecule has 0 aliphatic heterocycles. The fraction of sp³-hybridized carbons (Fsp3) is 0.263. The fourth-order valence-electron chi connectivity index (χ4n) is 2.07. The monoisotopic (exact) mass is 342 g/mol. The van der Waals surface area contributed by atoms with E-state index in [1.165, 1.54) is 12.1 Å². The molecule has 25 heavy (non-hydrogen) atoms. The number of hydrazone groups is 1. The van der Waals surface area contributed by atoms with E-state index in [9.17, 15) is 4.79 Å². The van der Waals surface area contributed by atoms with Crippen LogP contribution >= 0.6 is 0 Å². The van der Waals surface area contributed by atoms with Gasteiger partial charge >= 0.3 is 5.97 Å². The lowest BCUT2D eigenvalue weighted by molar-refractivity contribution is 0.0697. The van der Waals surface area contributed by atoms with Gasteiger partial charge in [-0.1, -0.05) is 6.92 Å². The summed E-state index contributed by atoms with van der Waals surface area (Å²) in [6.45, 7) is 5.17. The van der Waals surface area contributed by atoms with Gasteiger partial charge in [0.15, 0.2) is 11.5 Å². The summed E-state index contributed by atoms with van der Waals surface area (Å²) in [7, 11) is 0. The molecular formula is C19H22N2O4. The van der Waals surface area contributed by atoms with Gasteiger partial charge in [-0.25, -0.2) is 4.79 Å². The van der Waals surface area contributed by atoms with E-state index in [1.54, 1.807) is 18.3 Å². The highest BCUT2D eigenvalue weighted by molar-refractivity contribution is 5.88. The normalized spacial score (nSPS) is 10.6. The van der Waals surface area contributed by atoms with E-state index in [1.807, 2.05) is 25.1 Å². The molecule has 0 aliphatic carbocycles. The van der Waals surface area contributed by atoms with E-state index < -0.39 is 5.97 Å². The molecule has 6 nitrogen and oxygen atoms in total. The molecule has 132 valence electrons. The molecule has 0 saturated heterocycles. The van der Waals surface area contributed by atoms with Crippen molar-refractivity contribution in [3.05, 3.63) is 53.6 Å². The topological polar surface area (TPSA) is 80.2 Å². The molecule has 0 unspecified atom stereocenters. The van der Waals surface area contributed by atoms with Crippen LogP contribution in [0.25, 0.3) is 0 Å². The van der Waals surface area contributed by atoms with Crippen LogP contribution in [0.15, 0.2) is 47.6 Å². The molecule has 2 N–H and O–H groups in total. The molecule has 2 aromatic carbocycles. The van der Waals surface area contributed by atoms with Crippen LogP contribution in [0.2, 0.25) is 0 Å². The van der Waals surface area contributed by atoms with E-state index in [0.717, 1.165) is 17.7 Å². The summed E-state index contributed by atoms with van der Waals surface area (Å²) in [5, 5.41) is 13.0. The van der Waals surface area contributed by atoms with Crippen molar-refractivity contribution in [2.24, 2.45) is 5.10 Å². The van der Waals surface area contributed by atoms with Crippen LogP contribution in [0.4, 0.5) is 5.69 Å². The van der Waals surface area contributed by atoms with Crippen molar-refractivity contribution in [2.45, 2.75) is 20.3 Å². The predicted molar refractivity (Wildman–Crippen MR) is 98.0 cm³/mol. The molecule has 0 aromatic heterocycles. The number of hydrogen-bond acceptors (Lipinski definition) is 5. The van der Waals surface area contributed by atoms with Crippen molar-refractivity contribution in [1.82, 2.24) is 0 Å². The van der Waals surface area contributed by atoms with Crippen LogP contribution in [0.1, 0.15) is 36.2 Å². The van der Waals surface area contributed by atoms with Crippen LogP contribution in [0.3, 0.4) is 0 Å². The number of nitrogens with zero attached hydrogens (tertiary/aromatic N) is 1. The van der Waals surface area contributed by atoms with Crippen molar-refractivity contribution in [2.75, 3.05) is 18.6 Å². The minimum absolute atomic E-state index is 0.235. The average Bonchev–Trinajstić information content (AvgIpc) is 2.62. The lowest BCUT2D eigenvalue weighted by atomic mass is 10.2. The second-order valence-electron chi connectivity index (χ2n) is 5.24. The molecule has 2 rings (SSSR count). The predicted octanol–water partition coefficient (Wildman–Crippen LogP) is 4.02. The van der Waals surface area contributed by atoms with Gasteiger partial charge in [0.2, 0.25) is 0 Å². The Morgan fingerprint density at radius 2 is 1.88 bits per heavy atom. The van der Waals surface area contributed by atoms with Gasteiger partial charge in [-0.15, -0.1) is 0 Å². The fourth-order valence-corrected chi connectivity index (χ4v) is 2.07. The van der Waals surface area contributed by atoms with Crippen molar-refractivity contribution >= 4 is 17.9 Å². The minimum Gasteiger partial charge on any atom is -0.490 e. The Labute approximate surface area is 147 Å². The molecule has 2 aromatic rings. The number of benzene rings is 2. The average molecular weight is 342 g/mol. The zero-order chi connectivity index (χ0) is 18.1. The third-order valence-corrected chi connectivity index (χ3v) is 3.27. The molecule has 6 heteroatoms. The Hall–Kier alpha value is -3.02. The van der Waals surface area contributed by atoms with Crippen molar-refractivity contribution in [1.29, 1.82) is 0 Å². The van der Waals surface area contributed by atoms with Gasteiger partial charge in [-0.05, 0) is 61.4 Å². The lowest BCUT2D eigenvalue weighted by Gasteiger charge is -2.11. The van der Waals surface area contributed by atoms with Gasteiger partial charge in [0.25, 0.3) is 0 Å². The minimum atomic E-state index is -0.955. The molecule has 0 aliphatic rings. The van der Waals surface area contributed by atoms with Gasteiger partial charge in [-0.3, -0.25) is 5.43 Å². The Morgan fingerprint density at radius 1 is 1.12 bits per heavy atom. The molecule has 0 fully saturated rings. The molecule has 0 radical (unpaired) electrons. The number of ether oxygens (including phenoxy) is 2. The van der Waals surface area contributed by atoms with Crippen molar-refractivity contribution < 1.29 is 19.4 Å². The SMILES string of the molecule is CCCOc1ccc(/C=N/Nc2ccc(C(=O)O)cc2)cc1OCC. The Bertz CT molecular complexity index is 727. The molecule has 0 bridgehead atoms. The van der Waals surface area contributed by atoms with Gasteiger partial charge in [-0.2, -0.15) is 5.10 Å². The zero-order valence-electron chi connectivity index (χ0n) is 14.4. The molecular weight excluding hydrogens is 320 g/mol. The van der Waals surface area contributed by atoms with E-state index >= 15 is 0 Å². The van der Waals surface area contributed by atoms with Gasteiger partial charge in [0.05, 0.1) is 30.7 Å². The van der Waals surface area contributed by atoms with E-state index in [-0.39, 0.29) is 5.56 Å². The maximum atomic E-state index is 10.8. The summed E-state index contributed by atoms with van der Waals surface area (Å²) in [6.07, 6.45) is 2.59. The van der Waals surface area contributed by atoms with E-state index in [4.69, 9.17) is 14.6 Å². The van der Waals surface area contributed by atoms with E-state index in [2.05, 4.69) is 17.5 Å². The Balaban J connectivity index is 2.04. The number of nitrogens with one attached hydrogen (secondary N) is 1. The van der Waals surface area contributed by atoms with Crippen LogP contribution in [0, 0.1) is 0 Å². The Morgan fingerprint density at radius 3 is 2.52 bits per heavy atom. The second-order valence-corrected chi connectivity index (χ2v) is 5.24. The number of anilines is 1. The molecule has 0 amide bonds. The van der Waals surface area contributed by atoms with Crippen LogP contribution < -0.4 is 14.9 Å². The largest absolute Gasteiger partial charge is 0.490 e. The number of aromatic carboxylic acids is 1. The third kappa shape index (κ3) is 5.53.